The Morgan fingerprint density at radius 2 is 1.96 bits per heavy atom. The zero-order chi connectivity index (χ0) is 15.2. The molecule has 1 aromatic carbocycles. The van der Waals surface area contributed by atoms with Gasteiger partial charge in [0.15, 0.2) is 0 Å². The van der Waals surface area contributed by atoms with Crippen molar-refractivity contribution in [2.24, 2.45) is 0 Å². The van der Waals surface area contributed by atoms with Gasteiger partial charge in [0.05, 0.1) is 24.6 Å². The normalized spacial score (nSPS) is 20.5. The van der Waals surface area contributed by atoms with E-state index in [-0.39, 0.29) is 36.8 Å². The molecule has 136 valence electrons. The van der Waals surface area contributed by atoms with Crippen LogP contribution in [0.4, 0.5) is 11.4 Å². The standard InChI is InChI=1S/C17H25N3O2.2ClH/c21-17(12-14-13-22-11-8-18-14)19-15-6-2-3-7-16(15)20-9-4-1-5-10-20;;/h2-3,6-7,14,18H,1,4-5,8-13H2,(H,19,21);2*1H. The van der Waals surface area contributed by atoms with E-state index in [0.717, 1.165) is 37.6 Å². The first-order chi connectivity index (χ1) is 10.8. The number of rotatable bonds is 4. The number of nitrogens with zero attached hydrogens (tertiary/aromatic N) is 1. The third-order valence-corrected chi connectivity index (χ3v) is 4.31. The second kappa shape index (κ2) is 10.8. The van der Waals surface area contributed by atoms with Crippen molar-refractivity contribution in [2.75, 3.05) is 43.1 Å². The van der Waals surface area contributed by atoms with Crippen molar-refractivity contribution in [1.82, 2.24) is 5.32 Å². The van der Waals surface area contributed by atoms with Crippen LogP contribution in [0.1, 0.15) is 25.7 Å². The van der Waals surface area contributed by atoms with Gasteiger partial charge >= 0.3 is 0 Å². The van der Waals surface area contributed by atoms with Gasteiger partial charge in [0.2, 0.25) is 5.91 Å². The molecule has 2 fully saturated rings. The van der Waals surface area contributed by atoms with Crippen molar-refractivity contribution in [3.8, 4) is 0 Å². The van der Waals surface area contributed by atoms with Crippen LogP contribution in [0.15, 0.2) is 24.3 Å². The van der Waals surface area contributed by atoms with Crippen molar-refractivity contribution in [3.05, 3.63) is 24.3 Å². The Labute approximate surface area is 156 Å². The molecule has 1 unspecified atom stereocenters. The molecule has 2 aliphatic heterocycles. The molecule has 7 heteroatoms. The van der Waals surface area contributed by atoms with E-state index < -0.39 is 0 Å². The van der Waals surface area contributed by atoms with Crippen molar-refractivity contribution < 1.29 is 9.53 Å². The number of halogens is 2. The van der Waals surface area contributed by atoms with E-state index >= 15 is 0 Å². The lowest BCUT2D eigenvalue weighted by molar-refractivity contribution is -0.117. The fourth-order valence-corrected chi connectivity index (χ4v) is 3.17. The Hall–Kier alpha value is -1.01. The average molecular weight is 376 g/mol. The number of nitrogens with one attached hydrogen (secondary N) is 2. The fraction of sp³-hybridized carbons (Fsp3) is 0.588. The third kappa shape index (κ3) is 5.81. The number of morpholine rings is 1. The summed E-state index contributed by atoms with van der Waals surface area (Å²) < 4.78 is 5.40. The van der Waals surface area contributed by atoms with Gasteiger partial charge in [-0.3, -0.25) is 4.79 Å². The molecule has 0 bridgehead atoms. The summed E-state index contributed by atoms with van der Waals surface area (Å²) in [5, 5.41) is 6.40. The van der Waals surface area contributed by atoms with Crippen LogP contribution in [-0.2, 0) is 9.53 Å². The predicted molar refractivity (Wildman–Crippen MR) is 103 cm³/mol. The number of amides is 1. The van der Waals surface area contributed by atoms with Gasteiger partial charge in [-0.05, 0) is 31.4 Å². The van der Waals surface area contributed by atoms with Crippen molar-refractivity contribution in [3.63, 3.8) is 0 Å². The number of carbonyl (C=O) groups is 1. The minimum absolute atomic E-state index is 0. The van der Waals surface area contributed by atoms with Gasteiger partial charge in [-0.25, -0.2) is 0 Å². The van der Waals surface area contributed by atoms with Crippen molar-refractivity contribution in [1.29, 1.82) is 0 Å². The SMILES string of the molecule is Cl.Cl.O=C(CC1COCCN1)Nc1ccccc1N1CCCCC1. The number of ether oxygens (including phenoxy) is 1. The van der Waals surface area contributed by atoms with Crippen LogP contribution in [0.2, 0.25) is 0 Å². The molecule has 2 heterocycles. The molecule has 1 amide bonds. The van der Waals surface area contributed by atoms with Gasteiger partial charge in [-0.2, -0.15) is 0 Å². The van der Waals surface area contributed by atoms with Crippen LogP contribution in [0.5, 0.6) is 0 Å². The first kappa shape index (κ1) is 21.0. The maximum atomic E-state index is 12.3. The summed E-state index contributed by atoms with van der Waals surface area (Å²) in [5.41, 5.74) is 2.06. The Bertz CT molecular complexity index is 504. The topological polar surface area (TPSA) is 53.6 Å². The van der Waals surface area contributed by atoms with Gasteiger partial charge in [0.1, 0.15) is 0 Å². The molecule has 3 rings (SSSR count). The van der Waals surface area contributed by atoms with E-state index in [1.54, 1.807) is 0 Å². The Balaban J connectivity index is 0.00000144. The zero-order valence-corrected chi connectivity index (χ0v) is 15.5. The lowest BCUT2D eigenvalue weighted by atomic mass is 10.1. The largest absolute Gasteiger partial charge is 0.378 e. The van der Waals surface area contributed by atoms with Crippen LogP contribution >= 0.6 is 24.8 Å². The summed E-state index contributed by atoms with van der Waals surface area (Å²) in [5.74, 6) is 0.0486. The van der Waals surface area contributed by atoms with Gasteiger partial charge in [0, 0.05) is 32.1 Å². The predicted octanol–water partition coefficient (Wildman–Crippen LogP) is 2.84. The maximum absolute atomic E-state index is 12.3. The summed E-state index contributed by atoms with van der Waals surface area (Å²) in [6.07, 6.45) is 4.21. The van der Waals surface area contributed by atoms with Crippen molar-refractivity contribution >= 4 is 42.1 Å². The van der Waals surface area contributed by atoms with Gasteiger partial charge in [0.25, 0.3) is 0 Å². The van der Waals surface area contributed by atoms with Gasteiger partial charge < -0.3 is 20.3 Å². The smallest absolute Gasteiger partial charge is 0.226 e. The molecular weight excluding hydrogens is 349 g/mol. The summed E-state index contributed by atoms with van der Waals surface area (Å²) >= 11 is 0. The van der Waals surface area contributed by atoms with E-state index in [1.807, 2.05) is 18.2 Å². The van der Waals surface area contributed by atoms with Crippen LogP contribution in [0, 0.1) is 0 Å². The number of benzene rings is 1. The highest BCUT2D eigenvalue weighted by molar-refractivity contribution is 5.94. The quantitative estimate of drug-likeness (QED) is 0.849. The van der Waals surface area contributed by atoms with E-state index in [1.165, 1.54) is 19.3 Å². The molecule has 0 aromatic heterocycles. The second-order valence-corrected chi connectivity index (χ2v) is 6.04. The zero-order valence-electron chi connectivity index (χ0n) is 13.8. The molecule has 1 aromatic rings. The lowest BCUT2D eigenvalue weighted by Crippen LogP contribution is -2.43. The monoisotopic (exact) mass is 375 g/mol. The highest BCUT2D eigenvalue weighted by Crippen LogP contribution is 2.28. The molecule has 0 radical (unpaired) electrons. The van der Waals surface area contributed by atoms with Crippen LogP contribution in [0.25, 0.3) is 0 Å². The van der Waals surface area contributed by atoms with Crippen LogP contribution < -0.4 is 15.5 Å². The van der Waals surface area contributed by atoms with Crippen molar-refractivity contribution in [2.45, 2.75) is 31.7 Å². The molecule has 2 saturated heterocycles. The summed E-state index contributed by atoms with van der Waals surface area (Å²) in [6, 6.07) is 8.23. The summed E-state index contributed by atoms with van der Waals surface area (Å²) in [7, 11) is 0. The number of para-hydroxylation sites is 2. The minimum Gasteiger partial charge on any atom is -0.378 e. The number of anilines is 2. The van der Waals surface area contributed by atoms with Gasteiger partial charge in [-0.15, -0.1) is 24.8 Å². The molecule has 24 heavy (non-hydrogen) atoms. The number of piperidine rings is 1. The lowest BCUT2D eigenvalue weighted by Gasteiger charge is -2.30. The minimum atomic E-state index is 0. The Morgan fingerprint density at radius 1 is 1.21 bits per heavy atom. The summed E-state index contributed by atoms with van der Waals surface area (Å²) in [6.45, 7) is 4.31. The molecular formula is C17H27Cl2N3O2. The Kier molecular flexibility index (Phi) is 9.44. The maximum Gasteiger partial charge on any atom is 0.226 e. The van der Waals surface area contributed by atoms with E-state index in [9.17, 15) is 4.79 Å². The van der Waals surface area contributed by atoms with Gasteiger partial charge in [-0.1, -0.05) is 12.1 Å². The molecule has 0 spiro atoms. The molecule has 0 saturated carbocycles. The first-order valence-corrected chi connectivity index (χ1v) is 8.28. The second-order valence-electron chi connectivity index (χ2n) is 6.04. The molecule has 2 aliphatic rings. The number of carbonyl (C=O) groups excluding carboxylic acids is 1. The number of hydrogen-bond donors (Lipinski definition) is 2. The third-order valence-electron chi connectivity index (χ3n) is 4.31. The van der Waals surface area contributed by atoms with Crippen LogP contribution in [0.3, 0.4) is 0 Å². The molecule has 1 atom stereocenters. The molecule has 0 aliphatic carbocycles. The Morgan fingerprint density at radius 3 is 2.67 bits per heavy atom. The van der Waals surface area contributed by atoms with E-state index in [0.29, 0.717) is 13.0 Å². The first-order valence-electron chi connectivity index (χ1n) is 8.28. The fourth-order valence-electron chi connectivity index (χ4n) is 3.17. The molecule has 2 N–H and O–H groups in total. The average Bonchev–Trinajstić information content (AvgIpc) is 2.57. The summed E-state index contributed by atoms with van der Waals surface area (Å²) in [4.78, 5) is 14.7. The number of hydrogen-bond acceptors (Lipinski definition) is 4. The van der Waals surface area contributed by atoms with Crippen LogP contribution in [-0.4, -0.2) is 44.8 Å². The molecule has 5 nitrogen and oxygen atoms in total. The highest BCUT2D eigenvalue weighted by atomic mass is 35.5. The van der Waals surface area contributed by atoms with E-state index in [2.05, 4.69) is 21.6 Å². The highest BCUT2D eigenvalue weighted by Gasteiger charge is 2.19. The van der Waals surface area contributed by atoms with E-state index in [4.69, 9.17) is 4.74 Å².